The van der Waals surface area contributed by atoms with Crippen LogP contribution in [0, 0.1) is 0 Å². The van der Waals surface area contributed by atoms with Crippen molar-refractivity contribution in [3.05, 3.63) is 54.6 Å². The molecule has 1 rings (SSSR count). The van der Waals surface area contributed by atoms with Crippen LogP contribution < -0.4 is 0 Å². The van der Waals surface area contributed by atoms with E-state index in [1.165, 1.54) is 6.08 Å². The van der Waals surface area contributed by atoms with E-state index in [2.05, 4.69) is 13.5 Å². The first-order chi connectivity index (χ1) is 7.27. The van der Waals surface area contributed by atoms with Gasteiger partial charge in [0.05, 0.1) is 0 Å². The predicted octanol–water partition coefficient (Wildman–Crippen LogP) is 3.54. The van der Waals surface area contributed by atoms with Crippen LogP contribution in [0.1, 0.15) is 12.5 Å². The van der Waals surface area contributed by atoms with Crippen LogP contribution in [0.15, 0.2) is 49.1 Å². The largest absolute Gasteiger partial charge is 0.290 e. The second-order valence-corrected chi connectivity index (χ2v) is 4.22. The van der Waals surface area contributed by atoms with E-state index < -0.39 is 0 Å². The van der Waals surface area contributed by atoms with Crippen molar-refractivity contribution in [2.24, 2.45) is 0 Å². The maximum atomic E-state index is 11.3. The van der Waals surface area contributed by atoms with Crippen LogP contribution in [-0.2, 0) is 4.79 Å². The molecule has 0 aliphatic carbocycles. The van der Waals surface area contributed by atoms with Gasteiger partial charge in [-0.3, -0.25) is 4.79 Å². The molecule has 1 aromatic rings. The van der Waals surface area contributed by atoms with Crippen molar-refractivity contribution in [1.29, 1.82) is 0 Å². The van der Waals surface area contributed by atoms with E-state index in [9.17, 15) is 4.79 Å². The molecule has 0 aromatic heterocycles. The Hall–Kier alpha value is -1.28. The third-order valence-corrected chi connectivity index (χ3v) is 2.79. The molecule has 0 amide bonds. The van der Waals surface area contributed by atoms with E-state index >= 15 is 0 Å². The van der Waals surface area contributed by atoms with Crippen molar-refractivity contribution in [3.8, 4) is 0 Å². The first kappa shape index (κ1) is 11.8. The number of hydrogen-bond acceptors (Lipinski definition) is 2. The zero-order valence-corrected chi connectivity index (χ0v) is 9.59. The molecule has 0 unspecified atom stereocenters. The number of benzene rings is 1. The zero-order chi connectivity index (χ0) is 11.1. The summed E-state index contributed by atoms with van der Waals surface area (Å²) in [6, 6.07) is 9.92. The van der Waals surface area contributed by atoms with Gasteiger partial charge in [-0.2, -0.15) is 0 Å². The molecule has 0 saturated heterocycles. The molecule has 0 bridgehead atoms. The van der Waals surface area contributed by atoms with Crippen molar-refractivity contribution in [2.45, 2.75) is 6.92 Å². The highest BCUT2D eigenvalue weighted by atomic mass is 32.2. The minimum absolute atomic E-state index is 0.0465. The molecule has 1 nitrogen and oxygen atoms in total. The maximum Gasteiger partial charge on any atom is 0.179 e. The molecular weight excluding hydrogens is 204 g/mol. The summed E-state index contributed by atoms with van der Waals surface area (Å²) in [6.45, 7) is 5.53. The van der Waals surface area contributed by atoms with Crippen molar-refractivity contribution in [2.75, 3.05) is 5.75 Å². The number of allylic oxidation sites excluding steroid dienone is 2. The first-order valence-electron chi connectivity index (χ1n) is 4.84. The fraction of sp³-hybridized carbons (Fsp3) is 0.154. The van der Waals surface area contributed by atoms with Gasteiger partial charge in [0.25, 0.3) is 0 Å². The molecule has 0 heterocycles. The number of thioether (sulfide) groups is 1. The summed E-state index contributed by atoms with van der Waals surface area (Å²) in [5, 5.41) is 0. The lowest BCUT2D eigenvalue weighted by Crippen LogP contribution is -1.88. The first-order valence-corrected chi connectivity index (χ1v) is 5.82. The Morgan fingerprint density at radius 2 is 2.07 bits per heavy atom. The molecule has 0 fully saturated rings. The monoisotopic (exact) mass is 218 g/mol. The Bertz CT molecular complexity index is 365. The van der Waals surface area contributed by atoms with Gasteiger partial charge in [0.15, 0.2) is 5.78 Å². The minimum atomic E-state index is -0.0465. The lowest BCUT2D eigenvalue weighted by molar-refractivity contribution is -0.110. The van der Waals surface area contributed by atoms with E-state index in [1.807, 2.05) is 30.3 Å². The van der Waals surface area contributed by atoms with Gasteiger partial charge in [0, 0.05) is 4.91 Å². The van der Waals surface area contributed by atoms with Crippen LogP contribution in [0.25, 0.3) is 4.91 Å². The maximum absolute atomic E-state index is 11.3. The molecule has 0 saturated carbocycles. The highest BCUT2D eigenvalue weighted by Gasteiger charge is 2.02. The number of hydrogen-bond donors (Lipinski definition) is 0. The van der Waals surface area contributed by atoms with Gasteiger partial charge < -0.3 is 0 Å². The van der Waals surface area contributed by atoms with E-state index in [4.69, 9.17) is 0 Å². The Morgan fingerprint density at radius 3 is 2.60 bits per heavy atom. The molecule has 78 valence electrons. The van der Waals surface area contributed by atoms with Crippen LogP contribution in [-0.4, -0.2) is 11.5 Å². The van der Waals surface area contributed by atoms with Crippen LogP contribution in [0.4, 0.5) is 0 Å². The van der Waals surface area contributed by atoms with Crippen LogP contribution in [0.3, 0.4) is 0 Å². The summed E-state index contributed by atoms with van der Waals surface area (Å²) in [6.07, 6.45) is 2.97. The molecule has 15 heavy (non-hydrogen) atoms. The topological polar surface area (TPSA) is 17.1 Å². The minimum Gasteiger partial charge on any atom is -0.290 e. The van der Waals surface area contributed by atoms with Crippen LogP contribution in [0.5, 0.6) is 0 Å². The standard InChI is InChI=1S/C13H14OS/c1-3-12(14)10-13(15-4-2)11-8-6-5-7-9-11/h3,5-10H,1,4H2,2H3. The smallest absolute Gasteiger partial charge is 0.179 e. The van der Waals surface area contributed by atoms with Gasteiger partial charge in [-0.15, -0.1) is 11.8 Å². The predicted molar refractivity (Wildman–Crippen MR) is 67.8 cm³/mol. The Kier molecular flexibility index (Phi) is 4.91. The highest BCUT2D eigenvalue weighted by Crippen LogP contribution is 2.26. The third-order valence-electron chi connectivity index (χ3n) is 1.83. The lowest BCUT2D eigenvalue weighted by atomic mass is 10.2. The average Bonchev–Trinajstić information content (AvgIpc) is 2.29. The van der Waals surface area contributed by atoms with Gasteiger partial charge in [-0.1, -0.05) is 43.8 Å². The van der Waals surface area contributed by atoms with E-state index in [1.54, 1.807) is 17.8 Å². The fourth-order valence-corrected chi connectivity index (χ4v) is 1.97. The molecule has 0 N–H and O–H groups in total. The van der Waals surface area contributed by atoms with E-state index in [0.717, 1.165) is 16.2 Å². The summed E-state index contributed by atoms with van der Waals surface area (Å²) >= 11 is 1.67. The quantitative estimate of drug-likeness (QED) is 0.703. The van der Waals surface area contributed by atoms with Gasteiger partial charge in [0.2, 0.25) is 0 Å². The molecule has 1 aromatic carbocycles. The average molecular weight is 218 g/mol. The van der Waals surface area contributed by atoms with Gasteiger partial charge in [0.1, 0.15) is 0 Å². The summed E-state index contributed by atoms with van der Waals surface area (Å²) < 4.78 is 0. The number of carbonyl (C=O) groups excluding carboxylic acids is 1. The lowest BCUT2D eigenvalue weighted by Gasteiger charge is -2.04. The second-order valence-electron chi connectivity index (χ2n) is 2.91. The van der Waals surface area contributed by atoms with Crippen molar-refractivity contribution < 1.29 is 4.79 Å². The molecule has 0 atom stereocenters. The third kappa shape index (κ3) is 3.76. The van der Waals surface area contributed by atoms with Crippen molar-refractivity contribution >= 4 is 22.5 Å². The normalized spacial score (nSPS) is 11.1. The Balaban J connectivity index is 2.97. The summed E-state index contributed by atoms with van der Waals surface area (Å²) in [5.74, 6) is 0.903. The van der Waals surface area contributed by atoms with E-state index in [0.29, 0.717) is 0 Å². The summed E-state index contributed by atoms with van der Waals surface area (Å²) in [7, 11) is 0. The van der Waals surface area contributed by atoms with Gasteiger partial charge in [-0.05, 0) is 23.5 Å². The Morgan fingerprint density at radius 1 is 1.40 bits per heavy atom. The number of ketones is 1. The molecule has 0 radical (unpaired) electrons. The van der Waals surface area contributed by atoms with E-state index in [-0.39, 0.29) is 5.78 Å². The van der Waals surface area contributed by atoms with Crippen LogP contribution in [0.2, 0.25) is 0 Å². The molecule has 0 aliphatic rings. The SMILES string of the molecule is C=CC(=O)C=C(SCC)c1ccccc1. The molecule has 0 aliphatic heterocycles. The molecule has 0 spiro atoms. The second kappa shape index (κ2) is 6.25. The number of rotatable bonds is 5. The van der Waals surface area contributed by atoms with Crippen LogP contribution >= 0.6 is 11.8 Å². The van der Waals surface area contributed by atoms with Crippen molar-refractivity contribution in [1.82, 2.24) is 0 Å². The summed E-state index contributed by atoms with van der Waals surface area (Å²) in [4.78, 5) is 12.3. The summed E-state index contributed by atoms with van der Waals surface area (Å²) in [5.41, 5.74) is 1.08. The van der Waals surface area contributed by atoms with Gasteiger partial charge >= 0.3 is 0 Å². The number of carbonyl (C=O) groups is 1. The van der Waals surface area contributed by atoms with Gasteiger partial charge in [-0.25, -0.2) is 0 Å². The molecular formula is C13H14OS. The Labute approximate surface area is 94.9 Å². The molecule has 2 heteroatoms. The zero-order valence-electron chi connectivity index (χ0n) is 8.77. The van der Waals surface area contributed by atoms with Crippen molar-refractivity contribution in [3.63, 3.8) is 0 Å². The fourth-order valence-electron chi connectivity index (χ4n) is 1.15. The highest BCUT2D eigenvalue weighted by molar-refractivity contribution is 8.08.